The highest BCUT2D eigenvalue weighted by Crippen LogP contribution is 2.17. The number of hydrogen-bond donors (Lipinski definition) is 2. The van der Waals surface area contributed by atoms with Gasteiger partial charge in [0, 0.05) is 32.5 Å². The molecular weight excluding hydrogens is 396 g/mol. The fraction of sp³-hybridized carbons (Fsp3) is 0.167. The Morgan fingerprint density at radius 3 is 2.59 bits per heavy atom. The molecule has 3 heterocycles. The number of nitrogens with one attached hydrogen (secondary N) is 2. The summed E-state index contributed by atoms with van der Waals surface area (Å²) < 4.78 is 35.6. The number of hydrogen-bond acceptors (Lipinski definition) is 7. The molecule has 0 radical (unpaired) electrons. The molecule has 4 rings (SSSR count). The van der Waals surface area contributed by atoms with Crippen LogP contribution in [0.2, 0.25) is 0 Å². The van der Waals surface area contributed by atoms with Gasteiger partial charge >= 0.3 is 5.76 Å². The topological polar surface area (TPSA) is 124 Å². The van der Waals surface area contributed by atoms with Gasteiger partial charge in [-0.1, -0.05) is 0 Å². The second-order valence-corrected chi connectivity index (χ2v) is 8.02. The molecule has 0 saturated carbocycles. The predicted octanol–water partition coefficient (Wildman–Crippen LogP) is 1.10. The van der Waals surface area contributed by atoms with E-state index >= 15 is 0 Å². The van der Waals surface area contributed by atoms with Crippen molar-refractivity contribution in [2.24, 2.45) is 7.05 Å². The number of aromatic nitrogens is 4. The Balaban J connectivity index is 1.36. The van der Waals surface area contributed by atoms with Gasteiger partial charge in [0.25, 0.3) is 0 Å². The fourth-order valence-corrected chi connectivity index (χ4v) is 3.83. The van der Waals surface area contributed by atoms with Crippen LogP contribution in [0.1, 0.15) is 0 Å². The molecule has 0 amide bonds. The van der Waals surface area contributed by atoms with Crippen LogP contribution in [0, 0.1) is 0 Å². The van der Waals surface area contributed by atoms with Crippen LogP contribution in [0.5, 0.6) is 0 Å². The molecule has 3 aromatic heterocycles. The number of rotatable bonds is 7. The Labute approximate surface area is 165 Å². The molecule has 0 fully saturated rings. The van der Waals surface area contributed by atoms with E-state index in [0.29, 0.717) is 29.3 Å². The maximum absolute atomic E-state index is 12.5. The van der Waals surface area contributed by atoms with Gasteiger partial charge in [-0.15, -0.1) is 10.2 Å². The average Bonchev–Trinajstić information content (AvgIpc) is 3.35. The number of fused-ring (bicyclic) bond motifs is 1. The van der Waals surface area contributed by atoms with E-state index in [1.165, 1.54) is 29.8 Å². The van der Waals surface area contributed by atoms with E-state index in [1.54, 1.807) is 6.07 Å². The van der Waals surface area contributed by atoms with Crippen LogP contribution in [0.25, 0.3) is 16.9 Å². The fourth-order valence-electron chi connectivity index (χ4n) is 2.78. The van der Waals surface area contributed by atoms with E-state index in [4.69, 9.17) is 4.42 Å². The summed E-state index contributed by atoms with van der Waals surface area (Å²) in [5.41, 5.74) is 0.745. The number of nitrogens with zero attached hydrogens (tertiary/aromatic N) is 4. The molecule has 0 aliphatic heterocycles. The van der Waals surface area contributed by atoms with Crippen LogP contribution in [0.3, 0.4) is 0 Å². The number of sulfonamides is 1. The van der Waals surface area contributed by atoms with Gasteiger partial charge in [0.05, 0.1) is 10.4 Å². The van der Waals surface area contributed by atoms with Crippen LogP contribution in [0.15, 0.2) is 69.0 Å². The molecule has 2 N–H and O–H groups in total. The molecule has 0 spiro atoms. The number of benzene rings is 1. The molecule has 0 bridgehead atoms. The smallest absolute Gasteiger partial charge is 0.408 e. The van der Waals surface area contributed by atoms with Crippen molar-refractivity contribution in [2.45, 2.75) is 4.90 Å². The minimum absolute atomic E-state index is 0.0530. The molecule has 29 heavy (non-hydrogen) atoms. The van der Waals surface area contributed by atoms with Gasteiger partial charge in [-0.25, -0.2) is 17.9 Å². The van der Waals surface area contributed by atoms with Crippen molar-refractivity contribution < 1.29 is 12.8 Å². The van der Waals surface area contributed by atoms with E-state index < -0.39 is 15.8 Å². The number of anilines is 1. The Morgan fingerprint density at radius 1 is 1.07 bits per heavy atom. The van der Waals surface area contributed by atoms with Crippen LogP contribution < -0.4 is 15.8 Å². The van der Waals surface area contributed by atoms with Gasteiger partial charge in [-0.05, 0) is 42.5 Å². The summed E-state index contributed by atoms with van der Waals surface area (Å²) >= 11 is 0. The Kier molecular flexibility index (Phi) is 4.91. The standard InChI is InChI=1S/C18H18N6O4S/c1-23-14-12-13(4-5-15(14)28-18(23)25)29(26,27)20-9-8-19-16-6-7-17(22-21-16)24-10-2-3-11-24/h2-7,10-12,20H,8-9H2,1H3,(H,19,21). The largest absolute Gasteiger partial charge is 0.419 e. The van der Waals surface area contributed by atoms with E-state index in [-0.39, 0.29) is 11.4 Å². The van der Waals surface area contributed by atoms with Crippen LogP contribution >= 0.6 is 0 Å². The molecule has 4 aromatic rings. The second kappa shape index (κ2) is 7.53. The van der Waals surface area contributed by atoms with Gasteiger partial charge in [-0.2, -0.15) is 0 Å². The first-order valence-corrected chi connectivity index (χ1v) is 10.2. The molecular formula is C18H18N6O4S. The maximum Gasteiger partial charge on any atom is 0.419 e. The van der Waals surface area contributed by atoms with Crippen molar-refractivity contribution in [2.75, 3.05) is 18.4 Å². The first-order chi connectivity index (χ1) is 13.9. The molecule has 10 nitrogen and oxygen atoms in total. The normalized spacial score (nSPS) is 11.8. The minimum atomic E-state index is -3.74. The van der Waals surface area contributed by atoms with Crippen LogP contribution in [-0.4, -0.2) is 40.8 Å². The Morgan fingerprint density at radius 2 is 1.86 bits per heavy atom. The maximum atomic E-state index is 12.5. The summed E-state index contributed by atoms with van der Waals surface area (Å²) in [6.45, 7) is 0.467. The highest BCUT2D eigenvalue weighted by atomic mass is 32.2. The van der Waals surface area contributed by atoms with Crippen molar-refractivity contribution in [1.82, 2.24) is 24.1 Å². The highest BCUT2D eigenvalue weighted by Gasteiger charge is 2.16. The number of oxazole rings is 1. The van der Waals surface area contributed by atoms with Crippen molar-refractivity contribution in [3.63, 3.8) is 0 Å². The second-order valence-electron chi connectivity index (χ2n) is 6.25. The first kappa shape index (κ1) is 18.9. The Bertz CT molecular complexity index is 1290. The van der Waals surface area contributed by atoms with E-state index in [1.807, 2.05) is 35.2 Å². The number of aryl methyl sites for hydroxylation is 1. The van der Waals surface area contributed by atoms with Crippen molar-refractivity contribution in [3.05, 3.63) is 65.4 Å². The third kappa shape index (κ3) is 3.91. The summed E-state index contributed by atoms with van der Waals surface area (Å²) in [7, 11) is -2.22. The minimum Gasteiger partial charge on any atom is -0.408 e. The quantitative estimate of drug-likeness (QED) is 0.434. The van der Waals surface area contributed by atoms with Gasteiger partial charge < -0.3 is 14.3 Å². The van der Waals surface area contributed by atoms with Gasteiger partial charge in [0.2, 0.25) is 10.0 Å². The summed E-state index contributed by atoms with van der Waals surface area (Å²) in [4.78, 5) is 11.6. The van der Waals surface area contributed by atoms with Gasteiger partial charge in [-0.3, -0.25) is 4.57 Å². The summed E-state index contributed by atoms with van der Waals surface area (Å²) in [6, 6.07) is 11.6. The SMILES string of the molecule is Cn1c(=O)oc2ccc(S(=O)(=O)NCCNc3ccc(-n4cccc4)nn3)cc21. The summed E-state index contributed by atoms with van der Waals surface area (Å²) in [5, 5.41) is 11.2. The third-order valence-electron chi connectivity index (χ3n) is 4.32. The van der Waals surface area contributed by atoms with Crippen LogP contribution in [0.4, 0.5) is 5.82 Å². The molecule has 0 aliphatic rings. The zero-order chi connectivity index (χ0) is 20.4. The highest BCUT2D eigenvalue weighted by molar-refractivity contribution is 7.89. The molecule has 1 aromatic carbocycles. The summed E-state index contributed by atoms with van der Waals surface area (Å²) in [6.07, 6.45) is 3.73. The van der Waals surface area contributed by atoms with Gasteiger partial charge in [0.15, 0.2) is 11.4 Å². The lowest BCUT2D eigenvalue weighted by atomic mass is 10.3. The molecule has 150 valence electrons. The van der Waals surface area contributed by atoms with Crippen molar-refractivity contribution in [3.8, 4) is 5.82 Å². The monoisotopic (exact) mass is 414 g/mol. The third-order valence-corrected chi connectivity index (χ3v) is 5.77. The molecule has 0 unspecified atom stereocenters. The molecule has 0 atom stereocenters. The van der Waals surface area contributed by atoms with E-state index in [2.05, 4.69) is 20.2 Å². The van der Waals surface area contributed by atoms with E-state index in [0.717, 1.165) is 0 Å². The first-order valence-electron chi connectivity index (χ1n) is 8.74. The lowest BCUT2D eigenvalue weighted by Gasteiger charge is -2.09. The van der Waals surface area contributed by atoms with Crippen LogP contribution in [-0.2, 0) is 17.1 Å². The molecule has 11 heteroatoms. The van der Waals surface area contributed by atoms with Crippen molar-refractivity contribution in [1.29, 1.82) is 0 Å². The van der Waals surface area contributed by atoms with E-state index in [9.17, 15) is 13.2 Å². The Hall–Kier alpha value is -3.44. The van der Waals surface area contributed by atoms with Gasteiger partial charge in [0.1, 0.15) is 5.82 Å². The molecule has 0 aliphatic carbocycles. The lowest BCUT2D eigenvalue weighted by Crippen LogP contribution is -2.29. The molecule has 0 saturated heterocycles. The summed E-state index contributed by atoms with van der Waals surface area (Å²) in [5.74, 6) is 0.677. The average molecular weight is 414 g/mol. The zero-order valence-corrected chi connectivity index (χ0v) is 16.3. The predicted molar refractivity (Wildman–Crippen MR) is 106 cm³/mol. The lowest BCUT2D eigenvalue weighted by molar-refractivity contribution is 0.528. The zero-order valence-electron chi connectivity index (χ0n) is 15.4. The van der Waals surface area contributed by atoms with Crippen molar-refractivity contribution >= 4 is 26.9 Å².